The van der Waals surface area contributed by atoms with E-state index in [1.807, 2.05) is 0 Å². The largest absolute Gasteiger partial charge is 0.394 e. The number of hydrogen-bond acceptors (Lipinski definition) is 6. The maximum atomic E-state index is 10.8. The number of tetrazole rings is 1. The highest BCUT2D eigenvalue weighted by atomic mass is 32.2. The van der Waals surface area contributed by atoms with Gasteiger partial charge in [-0.1, -0.05) is 18.7 Å². The summed E-state index contributed by atoms with van der Waals surface area (Å²) in [6.45, 7) is 2.07. The van der Waals surface area contributed by atoms with Crippen LogP contribution in [0, 0.1) is 5.92 Å². The molecule has 0 bridgehead atoms. The summed E-state index contributed by atoms with van der Waals surface area (Å²) in [5.74, 6) is -0.0424. The number of nitrogens with two attached hydrogens (primary N) is 1. The molecule has 1 amide bonds. The molecular formula is C7H13N5O2S. The summed E-state index contributed by atoms with van der Waals surface area (Å²) in [7, 11) is 0. The molecule has 0 saturated heterocycles. The molecule has 0 spiro atoms. The Morgan fingerprint density at radius 1 is 1.73 bits per heavy atom. The fourth-order valence-corrected chi connectivity index (χ4v) is 1.75. The van der Waals surface area contributed by atoms with E-state index >= 15 is 0 Å². The summed E-state index contributed by atoms with van der Waals surface area (Å²) in [4.78, 5) is 10.8. The van der Waals surface area contributed by atoms with Crippen LogP contribution in [0.15, 0.2) is 5.16 Å². The fraction of sp³-hybridized carbons (Fsp3) is 0.714. The number of aliphatic hydroxyl groups excluding tert-OH is 1. The molecule has 0 fully saturated rings. The number of carbonyl (C=O) groups excluding carboxylic acids is 1. The molecule has 3 N–H and O–H groups in total. The zero-order valence-electron chi connectivity index (χ0n) is 8.33. The zero-order chi connectivity index (χ0) is 11.3. The number of aliphatic hydroxyl groups is 1. The van der Waals surface area contributed by atoms with Crippen LogP contribution < -0.4 is 5.73 Å². The van der Waals surface area contributed by atoms with Gasteiger partial charge in [-0.15, -0.1) is 5.10 Å². The van der Waals surface area contributed by atoms with E-state index in [4.69, 9.17) is 10.8 Å². The van der Waals surface area contributed by atoms with Gasteiger partial charge in [-0.05, 0) is 10.4 Å². The van der Waals surface area contributed by atoms with E-state index in [1.54, 1.807) is 6.92 Å². The van der Waals surface area contributed by atoms with Gasteiger partial charge in [0, 0.05) is 11.7 Å². The van der Waals surface area contributed by atoms with Crippen molar-refractivity contribution in [2.75, 3.05) is 12.4 Å². The van der Waals surface area contributed by atoms with Gasteiger partial charge in [0.1, 0.15) is 0 Å². The predicted octanol–water partition coefficient (Wildman–Crippen LogP) is -1.12. The van der Waals surface area contributed by atoms with Gasteiger partial charge in [-0.3, -0.25) is 4.79 Å². The lowest BCUT2D eigenvalue weighted by atomic mass is 10.2. The average Bonchev–Trinajstić information content (AvgIpc) is 2.62. The number of primary amides is 1. The van der Waals surface area contributed by atoms with Gasteiger partial charge in [0.05, 0.1) is 13.2 Å². The summed E-state index contributed by atoms with van der Waals surface area (Å²) in [5.41, 5.74) is 5.12. The van der Waals surface area contributed by atoms with Crippen molar-refractivity contribution in [3.63, 3.8) is 0 Å². The molecule has 84 valence electrons. The maximum absolute atomic E-state index is 10.8. The Bertz CT molecular complexity index is 329. The second kappa shape index (κ2) is 5.66. The van der Waals surface area contributed by atoms with Crippen LogP contribution in [0.4, 0.5) is 0 Å². The van der Waals surface area contributed by atoms with E-state index in [1.165, 1.54) is 16.4 Å². The lowest BCUT2D eigenvalue weighted by molar-refractivity contribution is -0.120. The Morgan fingerprint density at radius 2 is 2.47 bits per heavy atom. The molecule has 0 radical (unpaired) electrons. The summed E-state index contributed by atoms with van der Waals surface area (Å²) in [6.07, 6.45) is 0. The minimum Gasteiger partial charge on any atom is -0.394 e. The highest BCUT2D eigenvalue weighted by Crippen LogP contribution is 2.16. The molecule has 1 rings (SSSR count). The number of nitrogens with zero attached hydrogens (tertiary/aromatic N) is 4. The lowest BCUT2D eigenvalue weighted by Crippen LogP contribution is -2.22. The summed E-state index contributed by atoms with van der Waals surface area (Å²) in [5, 5.41) is 20.2. The molecule has 0 aliphatic carbocycles. The highest BCUT2D eigenvalue weighted by Gasteiger charge is 2.12. The van der Waals surface area contributed by atoms with E-state index in [-0.39, 0.29) is 18.4 Å². The Labute approximate surface area is 91.0 Å². The first-order chi connectivity index (χ1) is 7.15. The number of aromatic nitrogens is 4. The Hall–Kier alpha value is -1.15. The normalized spacial score (nSPS) is 12.7. The summed E-state index contributed by atoms with van der Waals surface area (Å²) < 4.78 is 1.48. The molecule has 8 heteroatoms. The Kier molecular flexibility index (Phi) is 4.50. The quantitative estimate of drug-likeness (QED) is 0.600. The van der Waals surface area contributed by atoms with E-state index in [0.29, 0.717) is 17.5 Å². The first-order valence-electron chi connectivity index (χ1n) is 4.44. The topological polar surface area (TPSA) is 107 Å². The smallest absolute Gasteiger partial charge is 0.221 e. The summed E-state index contributed by atoms with van der Waals surface area (Å²) in [6, 6.07) is 0. The minimum absolute atomic E-state index is 0.0238. The second-order valence-corrected chi connectivity index (χ2v) is 4.01. The van der Waals surface area contributed by atoms with Gasteiger partial charge < -0.3 is 10.8 Å². The molecule has 0 aliphatic heterocycles. The van der Waals surface area contributed by atoms with E-state index in [2.05, 4.69) is 15.5 Å². The molecule has 1 heterocycles. The standard InChI is InChI=1S/C7H13N5O2S/c1-5(6(8)14)4-15-7-9-10-11-12(7)2-3-13/h5,13H,2-4H2,1H3,(H2,8,14). The first-order valence-corrected chi connectivity index (χ1v) is 5.43. The van der Waals surface area contributed by atoms with Crippen LogP contribution in [0.2, 0.25) is 0 Å². The van der Waals surface area contributed by atoms with Gasteiger partial charge in [-0.25, -0.2) is 4.68 Å². The number of amides is 1. The van der Waals surface area contributed by atoms with Gasteiger partial charge in [0.2, 0.25) is 11.1 Å². The van der Waals surface area contributed by atoms with Crippen molar-refractivity contribution < 1.29 is 9.90 Å². The van der Waals surface area contributed by atoms with Crippen LogP contribution in [0.1, 0.15) is 6.92 Å². The van der Waals surface area contributed by atoms with E-state index in [9.17, 15) is 4.79 Å². The molecule has 1 unspecified atom stereocenters. The molecular weight excluding hydrogens is 218 g/mol. The van der Waals surface area contributed by atoms with Crippen molar-refractivity contribution in [3.8, 4) is 0 Å². The van der Waals surface area contributed by atoms with Crippen molar-refractivity contribution in [2.45, 2.75) is 18.6 Å². The lowest BCUT2D eigenvalue weighted by Gasteiger charge is -2.05. The average molecular weight is 231 g/mol. The van der Waals surface area contributed by atoms with Crippen LogP contribution in [0.5, 0.6) is 0 Å². The monoisotopic (exact) mass is 231 g/mol. The molecule has 0 aliphatic rings. The van der Waals surface area contributed by atoms with E-state index in [0.717, 1.165) is 0 Å². The highest BCUT2D eigenvalue weighted by molar-refractivity contribution is 7.99. The van der Waals surface area contributed by atoms with Crippen molar-refractivity contribution in [2.24, 2.45) is 11.7 Å². The maximum Gasteiger partial charge on any atom is 0.221 e. The Balaban J connectivity index is 2.49. The third kappa shape index (κ3) is 3.48. The molecule has 1 atom stereocenters. The summed E-state index contributed by atoms with van der Waals surface area (Å²) >= 11 is 1.34. The minimum atomic E-state index is -0.344. The van der Waals surface area contributed by atoms with Crippen molar-refractivity contribution in [1.29, 1.82) is 0 Å². The Morgan fingerprint density at radius 3 is 3.07 bits per heavy atom. The predicted molar refractivity (Wildman–Crippen MR) is 54.0 cm³/mol. The number of thioether (sulfide) groups is 1. The third-order valence-electron chi connectivity index (χ3n) is 1.76. The van der Waals surface area contributed by atoms with Crippen molar-refractivity contribution in [3.05, 3.63) is 0 Å². The van der Waals surface area contributed by atoms with Gasteiger partial charge in [0.15, 0.2) is 0 Å². The van der Waals surface area contributed by atoms with E-state index < -0.39 is 0 Å². The van der Waals surface area contributed by atoms with Crippen LogP contribution in [-0.2, 0) is 11.3 Å². The molecule has 15 heavy (non-hydrogen) atoms. The number of hydrogen-bond donors (Lipinski definition) is 2. The molecule has 1 aromatic rings. The van der Waals surface area contributed by atoms with Gasteiger partial charge in [-0.2, -0.15) is 0 Å². The SMILES string of the molecule is CC(CSc1nnnn1CCO)C(N)=O. The second-order valence-electron chi connectivity index (χ2n) is 3.02. The zero-order valence-corrected chi connectivity index (χ0v) is 9.15. The first kappa shape index (κ1) is 11.9. The molecule has 0 aromatic carbocycles. The van der Waals surface area contributed by atoms with Crippen LogP contribution in [-0.4, -0.2) is 43.6 Å². The van der Waals surface area contributed by atoms with Crippen molar-refractivity contribution in [1.82, 2.24) is 20.2 Å². The molecule has 0 saturated carbocycles. The fourth-order valence-electron chi connectivity index (χ4n) is 0.817. The van der Waals surface area contributed by atoms with Gasteiger partial charge in [0.25, 0.3) is 0 Å². The van der Waals surface area contributed by atoms with Crippen LogP contribution >= 0.6 is 11.8 Å². The third-order valence-corrected chi connectivity index (χ3v) is 2.98. The number of rotatable bonds is 6. The molecule has 1 aromatic heterocycles. The van der Waals surface area contributed by atoms with Crippen LogP contribution in [0.25, 0.3) is 0 Å². The van der Waals surface area contributed by atoms with Crippen LogP contribution in [0.3, 0.4) is 0 Å². The molecule has 7 nitrogen and oxygen atoms in total. The van der Waals surface area contributed by atoms with Crippen molar-refractivity contribution >= 4 is 17.7 Å². The van der Waals surface area contributed by atoms with Gasteiger partial charge >= 0.3 is 0 Å². The number of carbonyl (C=O) groups is 1.